The van der Waals surface area contributed by atoms with E-state index in [1.807, 2.05) is 0 Å². The van der Waals surface area contributed by atoms with E-state index < -0.39 is 0 Å². The molecule has 0 amide bonds. The minimum Gasteiger partial charge on any atom is -0.361 e. The van der Waals surface area contributed by atoms with Crippen molar-refractivity contribution in [3.63, 3.8) is 0 Å². The second-order valence-corrected chi connectivity index (χ2v) is 5.21. The molecule has 3 heterocycles. The van der Waals surface area contributed by atoms with Crippen LogP contribution in [0.5, 0.6) is 0 Å². The molecule has 0 aliphatic heterocycles. The third-order valence-corrected chi connectivity index (χ3v) is 3.83. The van der Waals surface area contributed by atoms with Gasteiger partial charge in [0.05, 0.1) is 12.9 Å². The van der Waals surface area contributed by atoms with Gasteiger partial charge in [0, 0.05) is 5.92 Å². The van der Waals surface area contributed by atoms with Crippen molar-refractivity contribution in [1.82, 2.24) is 30.1 Å². The van der Waals surface area contributed by atoms with Gasteiger partial charge < -0.3 is 14.8 Å². The van der Waals surface area contributed by atoms with Crippen molar-refractivity contribution in [3.8, 4) is 0 Å². The first kappa shape index (κ1) is 12.2. The van der Waals surface area contributed by atoms with Gasteiger partial charge in [0.2, 0.25) is 5.89 Å². The van der Waals surface area contributed by atoms with E-state index >= 15 is 0 Å². The Morgan fingerprint density at radius 2 is 2.14 bits per heavy atom. The average Bonchev–Trinajstić information content (AvgIpc) is 3.23. The van der Waals surface area contributed by atoms with Gasteiger partial charge in [0.25, 0.3) is 0 Å². The Morgan fingerprint density at radius 3 is 3.05 bits per heavy atom. The lowest BCUT2D eigenvalue weighted by molar-refractivity contribution is 0.350. The fraction of sp³-hybridized carbons (Fsp3) is 0.462. The molecule has 0 aromatic carbocycles. The second kappa shape index (κ2) is 5.12. The van der Waals surface area contributed by atoms with Gasteiger partial charge in [-0.2, -0.15) is 4.98 Å². The summed E-state index contributed by atoms with van der Waals surface area (Å²) < 4.78 is 5.36. The number of hydrogen-bond acceptors (Lipinski definition) is 7. The van der Waals surface area contributed by atoms with Crippen LogP contribution in [-0.4, -0.2) is 30.1 Å². The first-order valence-corrected chi connectivity index (χ1v) is 7.10. The predicted octanol–water partition coefficient (Wildman–Crippen LogP) is 2.01. The quantitative estimate of drug-likeness (QED) is 0.755. The van der Waals surface area contributed by atoms with Crippen LogP contribution in [0.4, 0.5) is 5.82 Å². The van der Waals surface area contributed by atoms with E-state index in [1.54, 1.807) is 6.33 Å². The van der Waals surface area contributed by atoms with Crippen molar-refractivity contribution in [2.45, 2.75) is 38.1 Å². The minimum absolute atomic E-state index is 0.435. The molecule has 0 radical (unpaired) electrons. The number of H-pyrrole nitrogens is 1. The third-order valence-electron chi connectivity index (χ3n) is 3.83. The van der Waals surface area contributed by atoms with Crippen molar-refractivity contribution < 1.29 is 4.52 Å². The summed E-state index contributed by atoms with van der Waals surface area (Å²) in [6.07, 6.45) is 7.87. The van der Waals surface area contributed by atoms with E-state index in [9.17, 15) is 0 Å². The van der Waals surface area contributed by atoms with Crippen molar-refractivity contribution in [2.75, 3.05) is 5.32 Å². The Bertz CT molecular complexity index is 744. The van der Waals surface area contributed by atoms with Gasteiger partial charge in [-0.3, -0.25) is 0 Å². The zero-order chi connectivity index (χ0) is 14.1. The second-order valence-electron chi connectivity index (χ2n) is 5.21. The summed E-state index contributed by atoms with van der Waals surface area (Å²) >= 11 is 0. The van der Waals surface area contributed by atoms with E-state index in [4.69, 9.17) is 4.52 Å². The zero-order valence-corrected chi connectivity index (χ0v) is 11.4. The molecule has 0 spiro atoms. The van der Waals surface area contributed by atoms with E-state index in [0.717, 1.165) is 24.2 Å². The number of anilines is 1. The lowest BCUT2D eigenvalue weighted by atomic mass is 10.1. The van der Waals surface area contributed by atoms with Gasteiger partial charge in [-0.05, 0) is 12.8 Å². The fourth-order valence-electron chi connectivity index (χ4n) is 2.74. The van der Waals surface area contributed by atoms with Gasteiger partial charge in [-0.1, -0.05) is 18.0 Å². The largest absolute Gasteiger partial charge is 0.361 e. The predicted molar refractivity (Wildman–Crippen MR) is 74.5 cm³/mol. The van der Waals surface area contributed by atoms with Crippen molar-refractivity contribution in [2.24, 2.45) is 0 Å². The van der Waals surface area contributed by atoms with E-state index in [2.05, 4.69) is 35.4 Å². The normalized spacial score (nSPS) is 15.8. The fourth-order valence-corrected chi connectivity index (χ4v) is 2.74. The van der Waals surface area contributed by atoms with Gasteiger partial charge in [0.1, 0.15) is 11.8 Å². The summed E-state index contributed by atoms with van der Waals surface area (Å²) in [5, 5.41) is 7.21. The summed E-state index contributed by atoms with van der Waals surface area (Å²) in [6, 6.07) is 0. The monoisotopic (exact) mass is 285 g/mol. The number of hydrogen-bond donors (Lipinski definition) is 2. The molecule has 0 bridgehead atoms. The van der Waals surface area contributed by atoms with Crippen LogP contribution in [0.1, 0.15) is 43.3 Å². The molecule has 1 fully saturated rings. The Kier molecular flexibility index (Phi) is 2.98. The molecule has 1 aliphatic rings. The zero-order valence-electron chi connectivity index (χ0n) is 11.4. The Hall–Kier alpha value is -2.51. The van der Waals surface area contributed by atoms with E-state index in [-0.39, 0.29) is 0 Å². The molecule has 0 atom stereocenters. The molecular formula is C13H15N7O. The smallest absolute Gasteiger partial charge is 0.229 e. The number of nitrogens with one attached hydrogen (secondary N) is 2. The van der Waals surface area contributed by atoms with Crippen LogP contribution in [0.15, 0.2) is 17.2 Å². The maximum absolute atomic E-state index is 5.36. The molecular weight excluding hydrogens is 270 g/mol. The maximum Gasteiger partial charge on any atom is 0.229 e. The third kappa shape index (κ3) is 2.32. The van der Waals surface area contributed by atoms with Crippen molar-refractivity contribution in [1.29, 1.82) is 0 Å². The molecule has 2 N–H and O–H groups in total. The minimum atomic E-state index is 0.435. The van der Waals surface area contributed by atoms with E-state index in [1.165, 1.54) is 19.2 Å². The number of aromatic amines is 1. The van der Waals surface area contributed by atoms with Gasteiger partial charge in [0.15, 0.2) is 17.3 Å². The molecule has 4 rings (SSSR count). The molecule has 1 aliphatic carbocycles. The average molecular weight is 285 g/mol. The van der Waals surface area contributed by atoms with Gasteiger partial charge >= 0.3 is 0 Å². The lowest BCUT2D eigenvalue weighted by Crippen LogP contribution is -2.04. The number of rotatable bonds is 4. The highest BCUT2D eigenvalue weighted by molar-refractivity contribution is 5.81. The highest BCUT2D eigenvalue weighted by atomic mass is 16.5. The SMILES string of the molecule is c1nc(NCc2noc(C3CCCC3)n2)c2[nH]cnc2n1. The van der Waals surface area contributed by atoms with Crippen LogP contribution >= 0.6 is 0 Å². The van der Waals surface area contributed by atoms with Crippen LogP contribution in [0.25, 0.3) is 11.2 Å². The summed E-state index contributed by atoms with van der Waals surface area (Å²) in [5.41, 5.74) is 1.41. The molecule has 108 valence electrons. The number of aromatic nitrogens is 6. The van der Waals surface area contributed by atoms with Crippen LogP contribution < -0.4 is 5.32 Å². The van der Waals surface area contributed by atoms with E-state index in [0.29, 0.717) is 29.8 Å². The van der Waals surface area contributed by atoms with Gasteiger partial charge in [-0.15, -0.1) is 0 Å². The van der Waals surface area contributed by atoms with Crippen LogP contribution in [0, 0.1) is 0 Å². The molecule has 3 aromatic heterocycles. The molecule has 21 heavy (non-hydrogen) atoms. The van der Waals surface area contributed by atoms with Crippen LogP contribution in [0.2, 0.25) is 0 Å². The van der Waals surface area contributed by atoms with Crippen LogP contribution in [0.3, 0.4) is 0 Å². The Labute approximate surface area is 120 Å². The summed E-state index contributed by atoms with van der Waals surface area (Å²) in [5.74, 6) is 2.52. The molecule has 1 saturated carbocycles. The molecule has 0 unspecified atom stereocenters. The van der Waals surface area contributed by atoms with Crippen molar-refractivity contribution >= 4 is 17.0 Å². The Morgan fingerprint density at radius 1 is 1.24 bits per heavy atom. The Balaban J connectivity index is 1.48. The number of imidazole rings is 1. The number of nitrogens with zero attached hydrogens (tertiary/aromatic N) is 5. The molecule has 8 heteroatoms. The highest BCUT2D eigenvalue weighted by Gasteiger charge is 2.22. The lowest BCUT2D eigenvalue weighted by Gasteiger charge is -2.02. The van der Waals surface area contributed by atoms with Crippen molar-refractivity contribution in [3.05, 3.63) is 24.4 Å². The van der Waals surface area contributed by atoms with Crippen LogP contribution in [-0.2, 0) is 6.54 Å². The molecule has 3 aromatic rings. The maximum atomic E-state index is 5.36. The standard InChI is InChI=1S/C13H15N7O/c1-2-4-8(3-1)13-19-9(20-21-13)5-14-11-10-12(16-6-15-10)18-7-17-11/h6-8H,1-5H2,(H2,14,15,16,17,18). The summed E-state index contributed by atoms with van der Waals surface area (Å²) in [6.45, 7) is 0.460. The summed E-state index contributed by atoms with van der Waals surface area (Å²) in [4.78, 5) is 19.8. The summed E-state index contributed by atoms with van der Waals surface area (Å²) in [7, 11) is 0. The first-order valence-electron chi connectivity index (χ1n) is 7.10. The molecule has 0 saturated heterocycles. The molecule has 8 nitrogen and oxygen atoms in total. The number of fused-ring (bicyclic) bond motifs is 1. The first-order chi connectivity index (χ1) is 10.4. The highest BCUT2D eigenvalue weighted by Crippen LogP contribution is 2.32. The topological polar surface area (TPSA) is 105 Å². The van der Waals surface area contributed by atoms with Gasteiger partial charge in [-0.25, -0.2) is 15.0 Å².